The highest BCUT2D eigenvalue weighted by Crippen LogP contribution is 2.26. The number of anilines is 1. The van der Waals surface area contributed by atoms with Gasteiger partial charge in [0.15, 0.2) is 0 Å². The van der Waals surface area contributed by atoms with Gasteiger partial charge in [-0.25, -0.2) is 8.42 Å². The average Bonchev–Trinajstić information content (AvgIpc) is 3.13. The fraction of sp³-hybridized carbons (Fsp3) is 0.316. The van der Waals surface area contributed by atoms with E-state index in [1.807, 2.05) is 48.5 Å². The third-order valence-electron chi connectivity index (χ3n) is 4.49. The molecule has 2 aromatic rings. The van der Waals surface area contributed by atoms with Crippen LogP contribution >= 0.6 is 0 Å². The standard InChI is InChI=1S/C19H22N2O4S/c1-25-17-6-3-5-15(13-17)14-8-10-16(11-9-14)20-19(22)18-7-4-12-21(18)26(2,23)24/h3,5-6,8-11,13,18H,4,7,12H2,1-2H3,(H,20,22). The molecule has 1 unspecified atom stereocenters. The lowest BCUT2D eigenvalue weighted by molar-refractivity contribution is -0.119. The molecule has 0 spiro atoms. The van der Waals surface area contributed by atoms with Crippen LogP contribution in [0.2, 0.25) is 0 Å². The van der Waals surface area contributed by atoms with Gasteiger partial charge in [0.1, 0.15) is 11.8 Å². The van der Waals surface area contributed by atoms with Crippen molar-refractivity contribution >= 4 is 21.6 Å². The number of hydrogen-bond donors (Lipinski definition) is 1. The molecule has 1 heterocycles. The van der Waals surface area contributed by atoms with Gasteiger partial charge in [-0.15, -0.1) is 0 Å². The van der Waals surface area contributed by atoms with Crippen molar-refractivity contribution in [3.63, 3.8) is 0 Å². The lowest BCUT2D eigenvalue weighted by Crippen LogP contribution is -2.42. The van der Waals surface area contributed by atoms with E-state index in [1.165, 1.54) is 4.31 Å². The summed E-state index contributed by atoms with van der Waals surface area (Å²) in [4.78, 5) is 12.5. The molecule has 26 heavy (non-hydrogen) atoms. The fourth-order valence-corrected chi connectivity index (χ4v) is 4.30. The van der Waals surface area contributed by atoms with Crippen molar-refractivity contribution in [2.75, 3.05) is 25.2 Å². The molecule has 1 amide bonds. The molecule has 1 N–H and O–H groups in total. The van der Waals surface area contributed by atoms with Crippen molar-refractivity contribution in [2.45, 2.75) is 18.9 Å². The maximum absolute atomic E-state index is 12.5. The van der Waals surface area contributed by atoms with Gasteiger partial charge < -0.3 is 10.1 Å². The SMILES string of the molecule is COc1cccc(-c2ccc(NC(=O)C3CCCN3S(C)(=O)=O)cc2)c1. The predicted molar refractivity (Wildman–Crippen MR) is 102 cm³/mol. The highest BCUT2D eigenvalue weighted by Gasteiger charge is 2.36. The van der Waals surface area contributed by atoms with Crippen molar-refractivity contribution in [1.82, 2.24) is 4.31 Å². The van der Waals surface area contributed by atoms with Gasteiger partial charge in [-0.05, 0) is 48.2 Å². The summed E-state index contributed by atoms with van der Waals surface area (Å²) in [5, 5.41) is 2.82. The quantitative estimate of drug-likeness (QED) is 0.873. The molecule has 1 aliphatic heterocycles. The van der Waals surface area contributed by atoms with Crippen molar-refractivity contribution in [3.8, 4) is 16.9 Å². The zero-order valence-electron chi connectivity index (χ0n) is 14.8. The second kappa shape index (κ2) is 7.47. The van der Waals surface area contributed by atoms with E-state index in [4.69, 9.17) is 4.74 Å². The van der Waals surface area contributed by atoms with E-state index in [1.54, 1.807) is 7.11 Å². The number of carbonyl (C=O) groups is 1. The van der Waals surface area contributed by atoms with E-state index in [9.17, 15) is 13.2 Å². The molecule has 1 saturated heterocycles. The number of carbonyl (C=O) groups excluding carboxylic acids is 1. The van der Waals surface area contributed by atoms with Crippen molar-refractivity contribution in [2.24, 2.45) is 0 Å². The number of benzene rings is 2. The van der Waals surface area contributed by atoms with Crippen LogP contribution in [-0.2, 0) is 14.8 Å². The van der Waals surface area contributed by atoms with Crippen LogP contribution in [0.4, 0.5) is 5.69 Å². The highest BCUT2D eigenvalue weighted by molar-refractivity contribution is 7.88. The summed E-state index contributed by atoms with van der Waals surface area (Å²) in [5.41, 5.74) is 2.66. The molecular weight excluding hydrogens is 352 g/mol. The Kier molecular flexibility index (Phi) is 5.29. The monoisotopic (exact) mass is 374 g/mol. The number of sulfonamides is 1. The Bertz CT molecular complexity index is 894. The largest absolute Gasteiger partial charge is 0.497 e. The summed E-state index contributed by atoms with van der Waals surface area (Å²) in [7, 11) is -1.75. The lowest BCUT2D eigenvalue weighted by Gasteiger charge is -2.21. The number of ether oxygens (including phenoxy) is 1. The molecule has 0 saturated carbocycles. The van der Waals surface area contributed by atoms with E-state index in [0.717, 1.165) is 23.1 Å². The molecular formula is C19H22N2O4S. The minimum absolute atomic E-state index is 0.290. The lowest BCUT2D eigenvalue weighted by atomic mass is 10.1. The second-order valence-corrected chi connectivity index (χ2v) is 8.27. The molecule has 1 atom stereocenters. The Morgan fingerprint density at radius 3 is 2.54 bits per heavy atom. The Balaban J connectivity index is 1.72. The van der Waals surface area contributed by atoms with E-state index in [-0.39, 0.29) is 5.91 Å². The van der Waals surface area contributed by atoms with Crippen LogP contribution in [0.5, 0.6) is 5.75 Å². The van der Waals surface area contributed by atoms with Crippen molar-refractivity contribution < 1.29 is 17.9 Å². The van der Waals surface area contributed by atoms with Gasteiger partial charge in [0, 0.05) is 12.2 Å². The summed E-state index contributed by atoms with van der Waals surface area (Å²) in [6, 6.07) is 14.5. The number of hydrogen-bond acceptors (Lipinski definition) is 4. The molecule has 3 rings (SSSR count). The summed E-state index contributed by atoms with van der Waals surface area (Å²) < 4.78 is 30.1. The number of nitrogens with zero attached hydrogens (tertiary/aromatic N) is 1. The van der Waals surface area contributed by atoms with E-state index >= 15 is 0 Å². The fourth-order valence-electron chi connectivity index (χ4n) is 3.17. The highest BCUT2D eigenvalue weighted by atomic mass is 32.2. The van der Waals surface area contributed by atoms with Gasteiger partial charge in [-0.2, -0.15) is 4.31 Å². The Morgan fingerprint density at radius 2 is 1.88 bits per heavy atom. The number of rotatable bonds is 5. The van der Waals surface area contributed by atoms with Crippen molar-refractivity contribution in [1.29, 1.82) is 0 Å². The van der Waals surface area contributed by atoms with Gasteiger partial charge in [0.2, 0.25) is 15.9 Å². The Morgan fingerprint density at radius 1 is 1.15 bits per heavy atom. The maximum Gasteiger partial charge on any atom is 0.242 e. The first-order valence-corrected chi connectivity index (χ1v) is 10.3. The molecule has 138 valence electrons. The number of amides is 1. The minimum atomic E-state index is -3.38. The van der Waals surface area contributed by atoms with Crippen LogP contribution in [0.3, 0.4) is 0 Å². The van der Waals surface area contributed by atoms with Crippen LogP contribution in [-0.4, -0.2) is 44.6 Å². The van der Waals surface area contributed by atoms with Gasteiger partial charge in [0.05, 0.1) is 13.4 Å². The van der Waals surface area contributed by atoms with Gasteiger partial charge in [0.25, 0.3) is 0 Å². The van der Waals surface area contributed by atoms with Gasteiger partial charge >= 0.3 is 0 Å². The second-order valence-electron chi connectivity index (χ2n) is 6.33. The molecule has 1 aliphatic rings. The predicted octanol–water partition coefficient (Wildman–Crippen LogP) is 2.72. The first-order chi connectivity index (χ1) is 12.4. The molecule has 7 heteroatoms. The van der Waals surface area contributed by atoms with Crippen LogP contribution < -0.4 is 10.1 Å². The summed E-state index contributed by atoms with van der Waals surface area (Å²) in [6.07, 6.45) is 2.38. The Labute approximate surface area is 153 Å². The van der Waals surface area contributed by atoms with Crippen LogP contribution in [0.15, 0.2) is 48.5 Å². The smallest absolute Gasteiger partial charge is 0.242 e. The number of nitrogens with one attached hydrogen (secondary N) is 1. The van der Waals surface area contributed by atoms with Crippen LogP contribution in [0.1, 0.15) is 12.8 Å². The molecule has 6 nitrogen and oxygen atoms in total. The third-order valence-corrected chi connectivity index (χ3v) is 5.78. The minimum Gasteiger partial charge on any atom is -0.497 e. The summed E-state index contributed by atoms with van der Waals surface area (Å²) in [5.74, 6) is 0.490. The summed E-state index contributed by atoms with van der Waals surface area (Å²) in [6.45, 7) is 0.395. The van der Waals surface area contributed by atoms with Crippen LogP contribution in [0, 0.1) is 0 Å². The molecule has 0 aromatic heterocycles. The molecule has 0 radical (unpaired) electrons. The maximum atomic E-state index is 12.5. The van der Waals surface area contributed by atoms with Gasteiger partial charge in [-0.1, -0.05) is 24.3 Å². The van der Waals surface area contributed by atoms with Gasteiger partial charge in [-0.3, -0.25) is 4.79 Å². The van der Waals surface area contributed by atoms with Crippen molar-refractivity contribution in [3.05, 3.63) is 48.5 Å². The normalized spacial score (nSPS) is 17.8. The van der Waals surface area contributed by atoms with Crippen LogP contribution in [0.25, 0.3) is 11.1 Å². The molecule has 2 aromatic carbocycles. The van der Waals surface area contributed by atoms with E-state index in [0.29, 0.717) is 25.1 Å². The summed E-state index contributed by atoms with van der Waals surface area (Å²) >= 11 is 0. The third kappa shape index (κ3) is 4.05. The molecule has 0 aliphatic carbocycles. The molecule has 1 fully saturated rings. The zero-order chi connectivity index (χ0) is 18.7. The first-order valence-electron chi connectivity index (χ1n) is 8.40. The average molecular weight is 374 g/mol. The number of methoxy groups -OCH3 is 1. The van der Waals surface area contributed by atoms with E-state index in [2.05, 4.69) is 5.32 Å². The topological polar surface area (TPSA) is 75.7 Å². The van der Waals surface area contributed by atoms with E-state index < -0.39 is 16.1 Å². The molecule has 0 bridgehead atoms. The zero-order valence-corrected chi connectivity index (χ0v) is 15.6. The first kappa shape index (κ1) is 18.4. The Hall–Kier alpha value is -2.38.